The fourth-order valence-corrected chi connectivity index (χ4v) is 5.04. The molecule has 33 heavy (non-hydrogen) atoms. The third-order valence-corrected chi connectivity index (χ3v) is 7.89. The smallest absolute Gasteiger partial charge is 0.259 e. The van der Waals surface area contributed by atoms with Gasteiger partial charge >= 0.3 is 0 Å². The van der Waals surface area contributed by atoms with E-state index in [0.717, 1.165) is 23.9 Å². The number of amides is 1. The molecular formula is C24H28N4O4S. The summed E-state index contributed by atoms with van der Waals surface area (Å²) in [6.07, 6.45) is 1.55. The van der Waals surface area contributed by atoms with Crippen LogP contribution in [0.3, 0.4) is 0 Å². The lowest BCUT2D eigenvalue weighted by molar-refractivity contribution is 0.0626. The highest BCUT2D eigenvalue weighted by molar-refractivity contribution is 7.89. The first kappa shape index (κ1) is 23.2. The van der Waals surface area contributed by atoms with Gasteiger partial charge in [-0.05, 0) is 23.8 Å². The highest BCUT2D eigenvalue weighted by atomic mass is 32.2. The molecule has 174 valence electrons. The molecule has 1 aliphatic heterocycles. The number of rotatable bonds is 5. The van der Waals surface area contributed by atoms with Gasteiger partial charge < -0.3 is 9.47 Å². The van der Waals surface area contributed by atoms with Crippen molar-refractivity contribution in [2.24, 2.45) is 7.05 Å². The van der Waals surface area contributed by atoms with Crippen molar-refractivity contribution in [3.63, 3.8) is 0 Å². The minimum absolute atomic E-state index is 0.0243. The normalized spacial score (nSPS) is 15.3. The Labute approximate surface area is 193 Å². The van der Waals surface area contributed by atoms with Crippen molar-refractivity contribution in [3.05, 3.63) is 76.1 Å². The van der Waals surface area contributed by atoms with Gasteiger partial charge in [-0.25, -0.2) is 12.7 Å². The molecule has 0 aliphatic carbocycles. The van der Waals surface area contributed by atoms with Gasteiger partial charge in [0.05, 0.1) is 10.4 Å². The molecule has 0 unspecified atom stereocenters. The monoisotopic (exact) mass is 468 g/mol. The number of carbonyl (C=O) groups is 1. The van der Waals surface area contributed by atoms with Gasteiger partial charge in [0.2, 0.25) is 15.5 Å². The van der Waals surface area contributed by atoms with E-state index in [0.29, 0.717) is 18.6 Å². The Morgan fingerprint density at radius 3 is 2.30 bits per heavy atom. The summed E-state index contributed by atoms with van der Waals surface area (Å²) >= 11 is 0. The summed E-state index contributed by atoms with van der Waals surface area (Å²) in [5.41, 5.74) is 1.41. The predicted octanol–water partition coefficient (Wildman–Crippen LogP) is 1.75. The molecular weight excluding hydrogens is 440 g/mol. The minimum atomic E-state index is -3.70. The third kappa shape index (κ3) is 4.57. The second kappa shape index (κ2) is 9.09. The Morgan fingerprint density at radius 2 is 1.67 bits per heavy atom. The van der Waals surface area contributed by atoms with Crippen molar-refractivity contribution in [1.82, 2.24) is 18.7 Å². The fourth-order valence-electron chi connectivity index (χ4n) is 4.12. The van der Waals surface area contributed by atoms with Gasteiger partial charge in [-0.3, -0.25) is 14.5 Å². The molecule has 0 saturated carbocycles. The van der Waals surface area contributed by atoms with Crippen LogP contribution in [-0.2, 0) is 23.6 Å². The molecule has 1 aliphatic rings. The zero-order valence-corrected chi connectivity index (χ0v) is 19.9. The first-order valence-electron chi connectivity index (χ1n) is 10.8. The van der Waals surface area contributed by atoms with Gasteiger partial charge in [0.1, 0.15) is 5.56 Å². The molecule has 3 aromatic rings. The van der Waals surface area contributed by atoms with Crippen LogP contribution in [-0.4, -0.2) is 73.3 Å². The standard InChI is InChI=1S/C24H28N4O4S/c1-25(2)33(31,32)19-9-10-22-20(15-19)23(29)21(17-26(22)3)24(30)28-13-11-27(12-14-28)16-18-7-5-4-6-8-18/h4-10,15,17H,11-14,16H2,1-3H3. The minimum Gasteiger partial charge on any atom is -0.350 e. The van der Waals surface area contributed by atoms with Crippen molar-refractivity contribution in [2.75, 3.05) is 40.3 Å². The largest absolute Gasteiger partial charge is 0.350 e. The van der Waals surface area contributed by atoms with Crippen LogP contribution in [0.25, 0.3) is 10.9 Å². The van der Waals surface area contributed by atoms with Gasteiger partial charge in [-0.15, -0.1) is 0 Å². The van der Waals surface area contributed by atoms with E-state index in [9.17, 15) is 18.0 Å². The lowest BCUT2D eigenvalue weighted by Crippen LogP contribution is -2.49. The van der Waals surface area contributed by atoms with Gasteiger partial charge in [0, 0.05) is 65.4 Å². The van der Waals surface area contributed by atoms with Crippen molar-refractivity contribution in [2.45, 2.75) is 11.4 Å². The lowest BCUT2D eigenvalue weighted by Gasteiger charge is -2.34. The van der Waals surface area contributed by atoms with Crippen molar-refractivity contribution in [1.29, 1.82) is 0 Å². The number of pyridine rings is 1. The Balaban J connectivity index is 1.58. The predicted molar refractivity (Wildman–Crippen MR) is 128 cm³/mol. The zero-order chi connectivity index (χ0) is 23.8. The van der Waals surface area contributed by atoms with Gasteiger partial charge in [-0.2, -0.15) is 0 Å². The number of aryl methyl sites for hydroxylation is 1. The molecule has 1 fully saturated rings. The average Bonchev–Trinajstić information content (AvgIpc) is 2.81. The summed E-state index contributed by atoms with van der Waals surface area (Å²) in [5.74, 6) is -0.322. The molecule has 0 radical (unpaired) electrons. The topological polar surface area (TPSA) is 82.9 Å². The van der Waals surface area contributed by atoms with Crippen LogP contribution in [0.1, 0.15) is 15.9 Å². The summed E-state index contributed by atoms with van der Waals surface area (Å²) in [7, 11) is 0.926. The van der Waals surface area contributed by atoms with E-state index in [2.05, 4.69) is 17.0 Å². The molecule has 8 nitrogen and oxygen atoms in total. The van der Waals surface area contributed by atoms with Crippen molar-refractivity contribution >= 4 is 26.8 Å². The molecule has 2 aromatic carbocycles. The molecule has 0 atom stereocenters. The molecule has 1 saturated heterocycles. The molecule has 1 amide bonds. The van der Waals surface area contributed by atoms with E-state index >= 15 is 0 Å². The van der Waals surface area contributed by atoms with Gasteiger partial charge in [0.15, 0.2) is 0 Å². The van der Waals surface area contributed by atoms with Crippen LogP contribution in [0.5, 0.6) is 0 Å². The Bertz CT molecular complexity index is 1340. The van der Waals surface area contributed by atoms with Crippen molar-refractivity contribution < 1.29 is 13.2 Å². The first-order valence-corrected chi connectivity index (χ1v) is 12.2. The van der Waals surface area contributed by atoms with E-state index in [1.165, 1.54) is 31.8 Å². The number of fused-ring (bicyclic) bond motifs is 1. The van der Waals surface area contributed by atoms with E-state index < -0.39 is 15.5 Å². The molecule has 0 N–H and O–H groups in total. The maximum atomic E-state index is 13.2. The van der Waals surface area contributed by atoms with E-state index in [1.807, 2.05) is 18.2 Å². The SMILES string of the molecule is CN(C)S(=O)(=O)c1ccc2c(c1)c(=O)c(C(=O)N1CCN(Cc3ccccc3)CC1)cn2C. The number of hydrogen-bond acceptors (Lipinski definition) is 5. The lowest BCUT2D eigenvalue weighted by atomic mass is 10.1. The third-order valence-electron chi connectivity index (χ3n) is 6.08. The van der Waals surface area contributed by atoms with Crippen LogP contribution in [0.2, 0.25) is 0 Å². The second-order valence-electron chi connectivity index (χ2n) is 8.50. The van der Waals surface area contributed by atoms with Crippen LogP contribution >= 0.6 is 0 Å². The van der Waals surface area contributed by atoms with Crippen LogP contribution < -0.4 is 5.43 Å². The number of carbonyl (C=O) groups excluding carboxylic acids is 1. The summed E-state index contributed by atoms with van der Waals surface area (Å²) in [6, 6.07) is 14.6. The number of sulfonamides is 1. The summed E-state index contributed by atoms with van der Waals surface area (Å²) in [5, 5.41) is 0.217. The Morgan fingerprint density at radius 1 is 1.00 bits per heavy atom. The maximum Gasteiger partial charge on any atom is 0.259 e. The van der Waals surface area contributed by atoms with Crippen LogP contribution in [0.4, 0.5) is 0 Å². The molecule has 2 heterocycles. The number of aromatic nitrogens is 1. The maximum absolute atomic E-state index is 13.2. The number of piperazine rings is 1. The van der Waals surface area contributed by atoms with E-state index in [4.69, 9.17) is 0 Å². The number of benzene rings is 2. The van der Waals surface area contributed by atoms with Crippen molar-refractivity contribution in [3.8, 4) is 0 Å². The average molecular weight is 469 g/mol. The van der Waals surface area contributed by atoms with Gasteiger partial charge in [0.25, 0.3) is 5.91 Å². The summed E-state index contributed by atoms with van der Waals surface area (Å²) in [4.78, 5) is 30.5. The zero-order valence-electron chi connectivity index (χ0n) is 19.1. The summed E-state index contributed by atoms with van der Waals surface area (Å²) in [6.45, 7) is 3.33. The van der Waals surface area contributed by atoms with E-state index in [-0.39, 0.29) is 21.8 Å². The molecule has 9 heteroatoms. The quantitative estimate of drug-likeness (QED) is 0.570. The highest BCUT2D eigenvalue weighted by Crippen LogP contribution is 2.20. The van der Waals surface area contributed by atoms with Crippen LogP contribution in [0, 0.1) is 0 Å². The second-order valence-corrected chi connectivity index (χ2v) is 10.7. The number of nitrogens with zero attached hydrogens (tertiary/aromatic N) is 4. The highest BCUT2D eigenvalue weighted by Gasteiger charge is 2.26. The molecule has 4 rings (SSSR count). The fraction of sp³-hybridized carbons (Fsp3) is 0.333. The summed E-state index contributed by atoms with van der Waals surface area (Å²) < 4.78 is 27.9. The van der Waals surface area contributed by atoms with Crippen LogP contribution in [0.15, 0.2) is 64.4 Å². The number of hydrogen-bond donors (Lipinski definition) is 0. The van der Waals surface area contributed by atoms with E-state index in [1.54, 1.807) is 28.8 Å². The molecule has 0 spiro atoms. The molecule has 0 bridgehead atoms. The Kier molecular flexibility index (Phi) is 6.38. The Hall–Kier alpha value is -3.01. The first-order chi connectivity index (χ1) is 15.7. The van der Waals surface area contributed by atoms with Gasteiger partial charge in [-0.1, -0.05) is 30.3 Å². The molecule has 1 aromatic heterocycles.